The van der Waals surface area contributed by atoms with Crippen LogP contribution in [0.2, 0.25) is 0 Å². The Kier molecular flexibility index (Phi) is 3.67. The van der Waals surface area contributed by atoms with E-state index >= 15 is 0 Å². The molecule has 0 N–H and O–H groups in total. The van der Waals surface area contributed by atoms with Gasteiger partial charge in [-0.3, -0.25) is 14.4 Å². The Morgan fingerprint density at radius 2 is 2.28 bits per heavy atom. The summed E-state index contributed by atoms with van der Waals surface area (Å²) in [6.45, 7) is 1.45. The van der Waals surface area contributed by atoms with E-state index in [2.05, 4.69) is 5.10 Å². The second kappa shape index (κ2) is 5.92. The number of hydrogen-bond donors (Lipinski definition) is 0. The van der Waals surface area contributed by atoms with E-state index in [0.29, 0.717) is 6.54 Å². The maximum Gasteiger partial charge on any atom is 0.231 e. The third-order valence-electron chi connectivity index (χ3n) is 5.43. The van der Waals surface area contributed by atoms with Crippen LogP contribution in [-0.4, -0.2) is 39.9 Å². The number of rotatable bonds is 4. The normalized spacial score (nSPS) is 21.9. The Balaban J connectivity index is 1.49. The maximum absolute atomic E-state index is 12.9. The zero-order valence-corrected chi connectivity index (χ0v) is 15.2. The number of thiazole rings is 1. The molecule has 1 saturated heterocycles. The molecule has 0 aromatic carbocycles. The second-order valence-corrected chi connectivity index (χ2v) is 8.32. The van der Waals surface area contributed by atoms with Crippen LogP contribution in [0.3, 0.4) is 0 Å². The molecule has 1 unspecified atom stereocenters. The Labute approximate surface area is 150 Å². The quantitative estimate of drug-likeness (QED) is 0.843. The van der Waals surface area contributed by atoms with Crippen molar-refractivity contribution in [1.29, 1.82) is 0 Å². The van der Waals surface area contributed by atoms with Gasteiger partial charge in [0.15, 0.2) is 5.13 Å². The van der Waals surface area contributed by atoms with Crippen LogP contribution in [0.25, 0.3) is 11.3 Å². The molecular formula is C18H22N4O2S. The van der Waals surface area contributed by atoms with Crippen molar-refractivity contribution in [3.8, 4) is 11.3 Å². The average molecular weight is 358 g/mol. The van der Waals surface area contributed by atoms with Crippen LogP contribution in [0.15, 0.2) is 6.20 Å². The van der Waals surface area contributed by atoms with Gasteiger partial charge in [0.2, 0.25) is 5.91 Å². The first kappa shape index (κ1) is 15.5. The molecule has 3 heterocycles. The fourth-order valence-electron chi connectivity index (χ4n) is 3.83. The highest BCUT2D eigenvalue weighted by molar-refractivity contribution is 7.16. The Bertz CT molecular complexity index is 817. The minimum atomic E-state index is 0.151. The smallest absolute Gasteiger partial charge is 0.231 e. The molecule has 25 heavy (non-hydrogen) atoms. The number of carbonyl (C=O) groups is 1. The molecule has 1 aliphatic heterocycles. The van der Waals surface area contributed by atoms with Crippen molar-refractivity contribution >= 4 is 22.4 Å². The third kappa shape index (κ3) is 2.69. The molecule has 1 atom stereocenters. The van der Waals surface area contributed by atoms with E-state index in [9.17, 15) is 4.79 Å². The molecule has 2 aromatic heterocycles. The fraction of sp³-hybridized carbons (Fsp3) is 0.611. The van der Waals surface area contributed by atoms with Gasteiger partial charge in [-0.1, -0.05) is 0 Å². The first-order valence-corrected chi connectivity index (χ1v) is 9.96. The van der Waals surface area contributed by atoms with Gasteiger partial charge in [0.1, 0.15) is 0 Å². The van der Waals surface area contributed by atoms with Crippen LogP contribution < -0.4 is 4.90 Å². The van der Waals surface area contributed by atoms with Crippen LogP contribution in [0.1, 0.15) is 36.3 Å². The van der Waals surface area contributed by atoms with E-state index in [1.54, 1.807) is 11.3 Å². The molecule has 132 valence electrons. The average Bonchev–Trinajstić information content (AvgIpc) is 3.01. The fourth-order valence-corrected chi connectivity index (χ4v) is 4.92. The van der Waals surface area contributed by atoms with Crippen molar-refractivity contribution in [2.45, 2.75) is 44.6 Å². The Morgan fingerprint density at radius 3 is 3.04 bits per heavy atom. The molecule has 2 aromatic rings. The molecule has 1 amide bonds. The van der Waals surface area contributed by atoms with Crippen molar-refractivity contribution in [1.82, 2.24) is 14.8 Å². The zero-order valence-electron chi connectivity index (χ0n) is 14.4. The maximum atomic E-state index is 12.9. The minimum absolute atomic E-state index is 0.151. The van der Waals surface area contributed by atoms with Crippen LogP contribution in [-0.2, 0) is 29.4 Å². The van der Waals surface area contributed by atoms with Crippen LogP contribution >= 0.6 is 11.3 Å². The molecule has 1 saturated carbocycles. The van der Waals surface area contributed by atoms with Gasteiger partial charge < -0.3 is 4.74 Å². The Hall–Kier alpha value is -1.73. The van der Waals surface area contributed by atoms with Gasteiger partial charge in [-0.05, 0) is 38.5 Å². The monoisotopic (exact) mass is 358 g/mol. The first-order valence-electron chi connectivity index (χ1n) is 9.14. The molecule has 0 radical (unpaired) electrons. The van der Waals surface area contributed by atoms with Gasteiger partial charge in [-0.15, -0.1) is 11.3 Å². The van der Waals surface area contributed by atoms with Crippen molar-refractivity contribution in [2.24, 2.45) is 13.0 Å². The highest BCUT2D eigenvalue weighted by Gasteiger charge is 2.37. The van der Waals surface area contributed by atoms with E-state index in [4.69, 9.17) is 9.72 Å². The lowest BCUT2D eigenvalue weighted by atomic mass is 10.0. The Morgan fingerprint density at radius 1 is 1.40 bits per heavy atom. The predicted molar refractivity (Wildman–Crippen MR) is 95.8 cm³/mol. The van der Waals surface area contributed by atoms with Gasteiger partial charge in [-0.25, -0.2) is 4.98 Å². The summed E-state index contributed by atoms with van der Waals surface area (Å²) < 4.78 is 7.73. The molecule has 2 aliphatic carbocycles. The highest BCUT2D eigenvalue weighted by atomic mass is 32.1. The van der Waals surface area contributed by atoms with Gasteiger partial charge in [0.05, 0.1) is 24.5 Å². The summed E-state index contributed by atoms with van der Waals surface area (Å²) in [6.07, 6.45) is 8.17. The summed E-state index contributed by atoms with van der Waals surface area (Å²) in [7, 11) is 1.98. The van der Waals surface area contributed by atoms with E-state index in [0.717, 1.165) is 61.5 Å². The van der Waals surface area contributed by atoms with Crippen molar-refractivity contribution in [2.75, 3.05) is 18.1 Å². The number of aryl methyl sites for hydroxylation is 2. The van der Waals surface area contributed by atoms with Gasteiger partial charge in [0, 0.05) is 35.7 Å². The van der Waals surface area contributed by atoms with Crippen molar-refractivity contribution < 1.29 is 9.53 Å². The van der Waals surface area contributed by atoms with E-state index < -0.39 is 0 Å². The number of amides is 1. The summed E-state index contributed by atoms with van der Waals surface area (Å²) in [5, 5.41) is 5.23. The van der Waals surface area contributed by atoms with E-state index in [1.807, 2.05) is 22.8 Å². The topological polar surface area (TPSA) is 60.2 Å². The summed E-state index contributed by atoms with van der Waals surface area (Å²) in [5.74, 6) is 0.421. The lowest BCUT2D eigenvalue weighted by Crippen LogP contribution is -2.38. The first-order chi connectivity index (χ1) is 12.2. The molecule has 2 fully saturated rings. The largest absolute Gasteiger partial charge is 0.376 e. The summed E-state index contributed by atoms with van der Waals surface area (Å²) in [6, 6.07) is 0. The predicted octanol–water partition coefficient (Wildman–Crippen LogP) is 2.56. The third-order valence-corrected chi connectivity index (χ3v) is 6.56. The SMILES string of the molecule is Cn1ncc2c1CCc1sc(N(CC3CCCO3)C(=O)C3CC3)nc1-2. The molecule has 7 heteroatoms. The number of aromatic nitrogens is 3. The molecule has 6 nitrogen and oxygen atoms in total. The van der Waals surface area contributed by atoms with E-state index in [-0.39, 0.29) is 17.9 Å². The number of ether oxygens (including phenoxy) is 1. The zero-order chi connectivity index (χ0) is 17.0. The second-order valence-electron chi connectivity index (χ2n) is 7.25. The molecular weight excluding hydrogens is 336 g/mol. The van der Waals surface area contributed by atoms with Crippen LogP contribution in [0.4, 0.5) is 5.13 Å². The summed E-state index contributed by atoms with van der Waals surface area (Å²) >= 11 is 1.67. The number of anilines is 1. The van der Waals surface area contributed by atoms with Crippen molar-refractivity contribution in [3.63, 3.8) is 0 Å². The molecule has 0 spiro atoms. The van der Waals surface area contributed by atoms with Gasteiger partial charge in [0.25, 0.3) is 0 Å². The number of hydrogen-bond acceptors (Lipinski definition) is 5. The lowest BCUT2D eigenvalue weighted by molar-refractivity contribution is -0.120. The molecule has 0 bridgehead atoms. The highest BCUT2D eigenvalue weighted by Crippen LogP contribution is 2.41. The summed E-state index contributed by atoms with van der Waals surface area (Å²) in [5.41, 5.74) is 3.39. The molecule has 5 rings (SSSR count). The molecule has 3 aliphatic rings. The van der Waals surface area contributed by atoms with Gasteiger partial charge >= 0.3 is 0 Å². The number of carbonyl (C=O) groups excluding carboxylic acids is 1. The number of nitrogens with zero attached hydrogens (tertiary/aromatic N) is 4. The summed E-state index contributed by atoms with van der Waals surface area (Å²) in [4.78, 5) is 21.0. The van der Waals surface area contributed by atoms with Crippen molar-refractivity contribution in [3.05, 3.63) is 16.8 Å². The minimum Gasteiger partial charge on any atom is -0.376 e. The van der Waals surface area contributed by atoms with Gasteiger partial charge in [-0.2, -0.15) is 5.10 Å². The lowest BCUT2D eigenvalue weighted by Gasteiger charge is -2.23. The van der Waals surface area contributed by atoms with Crippen LogP contribution in [0, 0.1) is 5.92 Å². The number of fused-ring (bicyclic) bond motifs is 3. The van der Waals surface area contributed by atoms with E-state index in [1.165, 1.54) is 10.6 Å². The standard InChI is InChI=1S/C18H22N4O2S/c1-21-14-6-7-15-16(13(14)9-19-21)20-18(25-15)22(17(23)11-4-5-11)10-12-3-2-8-24-12/h9,11-12H,2-8,10H2,1H3. The van der Waals surface area contributed by atoms with Crippen LogP contribution in [0.5, 0.6) is 0 Å².